The minimum absolute atomic E-state index is 0.0784. The molecule has 2 rings (SSSR count). The fraction of sp³-hybridized carbons (Fsp3) is 0.250. The molecule has 8 heteroatoms. The Hall–Kier alpha value is -1.47. The van der Waals surface area contributed by atoms with E-state index in [2.05, 4.69) is 4.72 Å². The van der Waals surface area contributed by atoms with Crippen molar-refractivity contribution in [3.05, 3.63) is 52.0 Å². The van der Waals surface area contributed by atoms with Crippen molar-refractivity contribution in [2.45, 2.75) is 17.9 Å². The van der Waals surface area contributed by atoms with Crippen LogP contribution in [0, 0.1) is 0 Å². The van der Waals surface area contributed by atoms with Gasteiger partial charge in [-0.05, 0) is 43.3 Å². The molecule has 0 spiro atoms. The molecule has 0 aliphatic carbocycles. The van der Waals surface area contributed by atoms with E-state index in [4.69, 9.17) is 32.7 Å². The summed E-state index contributed by atoms with van der Waals surface area (Å²) in [6.45, 7) is 1.70. The first kappa shape index (κ1) is 18.9. The van der Waals surface area contributed by atoms with Gasteiger partial charge in [0.1, 0.15) is 16.4 Å². The number of nitrogens with one attached hydrogen (secondary N) is 1. The fourth-order valence-electron chi connectivity index (χ4n) is 2.22. The van der Waals surface area contributed by atoms with Crippen LogP contribution < -0.4 is 14.2 Å². The second-order valence-corrected chi connectivity index (χ2v) is 7.55. The molecular weight excluding hydrogens is 373 g/mol. The van der Waals surface area contributed by atoms with Gasteiger partial charge in [0.25, 0.3) is 0 Å². The first-order valence-electron chi connectivity index (χ1n) is 6.98. The van der Waals surface area contributed by atoms with Gasteiger partial charge in [0.05, 0.1) is 19.2 Å². The molecule has 0 saturated carbocycles. The molecule has 2 aromatic carbocycles. The zero-order chi connectivity index (χ0) is 17.9. The summed E-state index contributed by atoms with van der Waals surface area (Å²) in [4.78, 5) is -0.0784. The van der Waals surface area contributed by atoms with Gasteiger partial charge in [0.15, 0.2) is 0 Å². The van der Waals surface area contributed by atoms with Crippen molar-refractivity contribution >= 4 is 33.2 Å². The number of methoxy groups -OCH3 is 2. The van der Waals surface area contributed by atoms with Gasteiger partial charge in [-0.25, -0.2) is 13.1 Å². The Labute approximate surface area is 151 Å². The normalized spacial score (nSPS) is 12.7. The summed E-state index contributed by atoms with van der Waals surface area (Å²) in [6, 6.07) is 8.86. The second kappa shape index (κ2) is 7.61. The summed E-state index contributed by atoms with van der Waals surface area (Å²) in [5.74, 6) is 1.14. The lowest BCUT2D eigenvalue weighted by Crippen LogP contribution is -2.27. The molecule has 130 valence electrons. The van der Waals surface area contributed by atoms with E-state index < -0.39 is 16.1 Å². The average Bonchev–Trinajstić information content (AvgIpc) is 2.55. The number of rotatable bonds is 6. The number of halogens is 2. The highest BCUT2D eigenvalue weighted by Gasteiger charge is 2.23. The molecular formula is C16H17Cl2NO4S. The lowest BCUT2D eigenvalue weighted by Gasteiger charge is -2.18. The molecule has 2 aromatic rings. The van der Waals surface area contributed by atoms with E-state index in [1.54, 1.807) is 25.1 Å². The molecule has 0 radical (unpaired) electrons. The topological polar surface area (TPSA) is 64.6 Å². The molecule has 0 heterocycles. The van der Waals surface area contributed by atoms with Crippen LogP contribution >= 0.6 is 23.2 Å². The van der Waals surface area contributed by atoms with Crippen molar-refractivity contribution in [2.75, 3.05) is 14.2 Å². The third-order valence-corrected chi connectivity index (χ3v) is 5.68. The standard InChI is InChI=1S/C16H17Cl2NO4S/c1-10(13-9-12(22-2)5-7-15(13)23-3)19-24(20,21)16-8-11(17)4-6-14(16)18/h4-10,19H,1-3H3. The van der Waals surface area contributed by atoms with E-state index in [0.29, 0.717) is 17.1 Å². The number of hydrogen-bond donors (Lipinski definition) is 1. The largest absolute Gasteiger partial charge is 0.497 e. The van der Waals surface area contributed by atoms with Gasteiger partial charge >= 0.3 is 0 Å². The van der Waals surface area contributed by atoms with Crippen molar-refractivity contribution < 1.29 is 17.9 Å². The van der Waals surface area contributed by atoms with Gasteiger partial charge in [-0.2, -0.15) is 0 Å². The van der Waals surface area contributed by atoms with E-state index in [9.17, 15) is 8.42 Å². The maximum absolute atomic E-state index is 12.6. The fourth-order valence-corrected chi connectivity index (χ4v) is 4.21. The van der Waals surface area contributed by atoms with Gasteiger partial charge in [-0.1, -0.05) is 23.2 Å². The second-order valence-electron chi connectivity index (χ2n) is 5.03. The smallest absolute Gasteiger partial charge is 0.242 e. The number of ether oxygens (including phenoxy) is 2. The highest BCUT2D eigenvalue weighted by molar-refractivity contribution is 7.89. The summed E-state index contributed by atoms with van der Waals surface area (Å²) in [5.41, 5.74) is 0.638. The quantitative estimate of drug-likeness (QED) is 0.808. The van der Waals surface area contributed by atoms with Crippen LogP contribution in [0.5, 0.6) is 11.5 Å². The summed E-state index contributed by atoms with van der Waals surface area (Å²) < 4.78 is 38.3. The Morgan fingerprint density at radius 2 is 1.75 bits per heavy atom. The van der Waals surface area contributed by atoms with Crippen LogP contribution in [0.1, 0.15) is 18.5 Å². The van der Waals surface area contributed by atoms with Crippen molar-refractivity contribution in [3.8, 4) is 11.5 Å². The molecule has 0 fully saturated rings. The molecule has 0 aliphatic rings. The zero-order valence-electron chi connectivity index (χ0n) is 13.3. The first-order chi connectivity index (χ1) is 11.3. The van der Waals surface area contributed by atoms with Crippen LogP contribution in [0.4, 0.5) is 0 Å². The lowest BCUT2D eigenvalue weighted by atomic mass is 10.1. The summed E-state index contributed by atoms with van der Waals surface area (Å²) in [7, 11) is -0.820. The highest BCUT2D eigenvalue weighted by atomic mass is 35.5. The van der Waals surface area contributed by atoms with Gasteiger partial charge in [-0.3, -0.25) is 0 Å². The first-order valence-corrected chi connectivity index (χ1v) is 9.21. The van der Waals surface area contributed by atoms with Crippen molar-refractivity contribution in [1.82, 2.24) is 4.72 Å². The van der Waals surface area contributed by atoms with E-state index in [-0.39, 0.29) is 14.9 Å². The molecule has 1 unspecified atom stereocenters. The predicted octanol–water partition coefficient (Wildman–Crippen LogP) is 4.05. The zero-order valence-corrected chi connectivity index (χ0v) is 15.7. The lowest BCUT2D eigenvalue weighted by molar-refractivity contribution is 0.395. The SMILES string of the molecule is COc1ccc(OC)c(C(C)NS(=O)(=O)c2cc(Cl)ccc2Cl)c1. The highest BCUT2D eigenvalue weighted by Crippen LogP contribution is 2.31. The Morgan fingerprint density at radius 1 is 1.04 bits per heavy atom. The maximum atomic E-state index is 12.6. The van der Waals surface area contributed by atoms with Crippen molar-refractivity contribution in [3.63, 3.8) is 0 Å². The number of sulfonamides is 1. The van der Waals surface area contributed by atoms with Crippen LogP contribution in [0.25, 0.3) is 0 Å². The Bertz CT molecular complexity index is 840. The van der Waals surface area contributed by atoms with Crippen LogP contribution in [-0.4, -0.2) is 22.6 Å². The molecule has 1 atom stereocenters. The molecule has 0 aliphatic heterocycles. The van der Waals surface area contributed by atoms with Gasteiger partial charge in [0, 0.05) is 16.6 Å². The third kappa shape index (κ3) is 4.13. The van der Waals surface area contributed by atoms with Crippen molar-refractivity contribution in [2.24, 2.45) is 0 Å². The number of hydrogen-bond acceptors (Lipinski definition) is 4. The molecule has 0 aromatic heterocycles. The molecule has 5 nitrogen and oxygen atoms in total. The van der Waals surface area contributed by atoms with Crippen LogP contribution in [0.3, 0.4) is 0 Å². The van der Waals surface area contributed by atoms with Crippen LogP contribution in [0.15, 0.2) is 41.3 Å². The minimum atomic E-state index is -3.87. The molecule has 1 N–H and O–H groups in total. The van der Waals surface area contributed by atoms with Gasteiger partial charge in [-0.15, -0.1) is 0 Å². The van der Waals surface area contributed by atoms with E-state index in [0.717, 1.165) is 0 Å². The van der Waals surface area contributed by atoms with Crippen LogP contribution in [-0.2, 0) is 10.0 Å². The Balaban J connectivity index is 2.38. The van der Waals surface area contributed by atoms with E-state index in [1.165, 1.54) is 32.4 Å². The average molecular weight is 390 g/mol. The monoisotopic (exact) mass is 389 g/mol. The number of benzene rings is 2. The third-order valence-electron chi connectivity index (χ3n) is 3.42. The summed E-state index contributed by atoms with van der Waals surface area (Å²) in [6.07, 6.45) is 0. The Morgan fingerprint density at radius 3 is 2.38 bits per heavy atom. The van der Waals surface area contributed by atoms with Gasteiger partial charge < -0.3 is 9.47 Å². The predicted molar refractivity (Wildman–Crippen MR) is 94.7 cm³/mol. The van der Waals surface area contributed by atoms with Crippen molar-refractivity contribution in [1.29, 1.82) is 0 Å². The molecule has 24 heavy (non-hydrogen) atoms. The minimum Gasteiger partial charge on any atom is -0.497 e. The van der Waals surface area contributed by atoms with Crippen LogP contribution in [0.2, 0.25) is 10.0 Å². The van der Waals surface area contributed by atoms with E-state index >= 15 is 0 Å². The maximum Gasteiger partial charge on any atom is 0.242 e. The molecule has 0 bridgehead atoms. The van der Waals surface area contributed by atoms with Gasteiger partial charge in [0.2, 0.25) is 10.0 Å². The summed E-state index contributed by atoms with van der Waals surface area (Å²) in [5, 5.41) is 0.378. The molecule has 0 amide bonds. The molecule has 0 saturated heterocycles. The Kier molecular flexibility index (Phi) is 5.98. The van der Waals surface area contributed by atoms with E-state index in [1.807, 2.05) is 0 Å². The summed E-state index contributed by atoms with van der Waals surface area (Å²) >= 11 is 11.9.